The van der Waals surface area contributed by atoms with Crippen LogP contribution in [0.5, 0.6) is 0 Å². The molecule has 0 radical (unpaired) electrons. The molecule has 0 unspecified atom stereocenters. The van der Waals surface area contributed by atoms with Crippen LogP contribution in [0.25, 0.3) is 0 Å². The number of carbonyl (C=O) groups excluding carboxylic acids is 2. The van der Waals surface area contributed by atoms with E-state index in [1.54, 1.807) is 17.0 Å². The van der Waals surface area contributed by atoms with Crippen molar-refractivity contribution in [2.75, 3.05) is 0 Å². The molecule has 1 aliphatic rings. The Morgan fingerprint density at radius 1 is 1.10 bits per heavy atom. The fourth-order valence-electron chi connectivity index (χ4n) is 3.86. The average Bonchev–Trinajstić information content (AvgIpc) is 2.73. The molecule has 0 aromatic heterocycles. The third-order valence-electron chi connectivity index (χ3n) is 5.63. The zero-order valence-electron chi connectivity index (χ0n) is 17.2. The molecular formula is C24H28BrClN2O2. The molecule has 4 nitrogen and oxygen atoms in total. The Hall–Kier alpha value is -1.85. The minimum Gasteiger partial charge on any atom is -0.352 e. The fraction of sp³-hybridized carbons (Fsp3) is 0.417. The predicted molar refractivity (Wildman–Crippen MR) is 124 cm³/mol. The molecule has 1 fully saturated rings. The largest absolute Gasteiger partial charge is 0.352 e. The summed E-state index contributed by atoms with van der Waals surface area (Å²) in [6.07, 6.45) is 5.77. The summed E-state index contributed by atoms with van der Waals surface area (Å²) in [5, 5.41) is 3.76. The van der Waals surface area contributed by atoms with Gasteiger partial charge in [0.2, 0.25) is 11.8 Å². The molecule has 0 saturated heterocycles. The number of hydrogen-bond acceptors (Lipinski definition) is 2. The van der Waals surface area contributed by atoms with Crippen molar-refractivity contribution in [1.82, 2.24) is 10.2 Å². The Morgan fingerprint density at radius 2 is 1.80 bits per heavy atom. The number of hydrogen-bond donors (Lipinski definition) is 1. The highest BCUT2D eigenvalue weighted by Crippen LogP contribution is 2.20. The first kappa shape index (κ1) is 22.8. The summed E-state index contributed by atoms with van der Waals surface area (Å²) < 4.78 is 0.978. The number of carbonyl (C=O) groups is 2. The number of amides is 2. The Balaban J connectivity index is 1.75. The van der Waals surface area contributed by atoms with E-state index in [0.717, 1.165) is 41.3 Å². The van der Waals surface area contributed by atoms with Crippen molar-refractivity contribution in [2.45, 2.75) is 64.1 Å². The van der Waals surface area contributed by atoms with Crippen molar-refractivity contribution < 1.29 is 9.59 Å². The Morgan fingerprint density at radius 3 is 2.47 bits per heavy atom. The quantitative estimate of drug-likeness (QED) is 0.555. The lowest BCUT2D eigenvalue weighted by atomic mass is 9.95. The van der Waals surface area contributed by atoms with Gasteiger partial charge in [0.05, 0.1) is 6.42 Å². The fourth-order valence-corrected chi connectivity index (χ4v) is 4.34. The van der Waals surface area contributed by atoms with Crippen LogP contribution in [0.4, 0.5) is 0 Å². The number of nitrogens with zero attached hydrogens (tertiary/aromatic N) is 1. The van der Waals surface area contributed by atoms with Gasteiger partial charge in [0.15, 0.2) is 0 Å². The van der Waals surface area contributed by atoms with Crippen LogP contribution in [0.3, 0.4) is 0 Å². The molecule has 160 valence electrons. The molecule has 0 heterocycles. The molecule has 0 bridgehead atoms. The lowest BCUT2D eigenvalue weighted by Crippen LogP contribution is -2.50. The normalized spacial score (nSPS) is 15.4. The van der Waals surface area contributed by atoms with E-state index < -0.39 is 6.04 Å². The van der Waals surface area contributed by atoms with Gasteiger partial charge in [-0.25, -0.2) is 0 Å². The molecule has 2 amide bonds. The highest BCUT2D eigenvalue weighted by atomic mass is 79.9. The summed E-state index contributed by atoms with van der Waals surface area (Å²) in [5.74, 6) is -0.176. The minimum absolute atomic E-state index is 0.0848. The molecule has 6 heteroatoms. The van der Waals surface area contributed by atoms with Gasteiger partial charge in [-0.05, 0) is 55.2 Å². The number of halogens is 2. The second-order valence-electron chi connectivity index (χ2n) is 7.97. The van der Waals surface area contributed by atoms with E-state index in [1.165, 1.54) is 6.42 Å². The van der Waals surface area contributed by atoms with Crippen LogP contribution in [0.1, 0.15) is 50.2 Å². The first-order chi connectivity index (χ1) is 14.4. The molecule has 1 atom stereocenters. The molecule has 1 N–H and O–H groups in total. The molecule has 0 aliphatic heterocycles. The molecule has 2 aromatic rings. The summed E-state index contributed by atoms with van der Waals surface area (Å²) in [6.45, 7) is 2.19. The van der Waals surface area contributed by atoms with Gasteiger partial charge in [-0.2, -0.15) is 0 Å². The summed E-state index contributed by atoms with van der Waals surface area (Å²) in [4.78, 5) is 27.9. The van der Waals surface area contributed by atoms with Crippen LogP contribution in [0.2, 0.25) is 5.02 Å². The van der Waals surface area contributed by atoms with Gasteiger partial charge in [-0.15, -0.1) is 0 Å². The monoisotopic (exact) mass is 490 g/mol. The van der Waals surface area contributed by atoms with E-state index in [1.807, 2.05) is 43.3 Å². The van der Waals surface area contributed by atoms with Gasteiger partial charge >= 0.3 is 0 Å². The van der Waals surface area contributed by atoms with Crippen molar-refractivity contribution >= 4 is 39.3 Å². The van der Waals surface area contributed by atoms with Gasteiger partial charge in [-0.3, -0.25) is 9.59 Å². The molecular weight excluding hydrogens is 464 g/mol. The highest BCUT2D eigenvalue weighted by molar-refractivity contribution is 9.10. The van der Waals surface area contributed by atoms with Crippen molar-refractivity contribution in [3.05, 3.63) is 69.2 Å². The Labute approximate surface area is 192 Å². The van der Waals surface area contributed by atoms with Gasteiger partial charge < -0.3 is 10.2 Å². The molecule has 1 saturated carbocycles. The first-order valence-electron chi connectivity index (χ1n) is 10.5. The van der Waals surface area contributed by atoms with E-state index in [2.05, 4.69) is 21.2 Å². The maximum absolute atomic E-state index is 13.2. The Kier molecular flexibility index (Phi) is 8.34. The zero-order valence-corrected chi connectivity index (χ0v) is 19.6. The second kappa shape index (κ2) is 11.0. The highest BCUT2D eigenvalue weighted by Gasteiger charge is 2.28. The summed E-state index contributed by atoms with van der Waals surface area (Å²) in [6, 6.07) is 14.8. The first-order valence-corrected chi connectivity index (χ1v) is 11.7. The third kappa shape index (κ3) is 6.58. The molecule has 3 rings (SSSR count). The van der Waals surface area contributed by atoms with E-state index in [9.17, 15) is 9.59 Å². The van der Waals surface area contributed by atoms with Gasteiger partial charge in [0, 0.05) is 22.1 Å². The Bertz CT molecular complexity index is 866. The summed E-state index contributed by atoms with van der Waals surface area (Å²) in [5.41, 5.74) is 1.82. The van der Waals surface area contributed by atoms with Crippen molar-refractivity contribution in [2.24, 2.45) is 0 Å². The second-order valence-corrected chi connectivity index (χ2v) is 9.33. The maximum Gasteiger partial charge on any atom is 0.242 e. The minimum atomic E-state index is -0.553. The topological polar surface area (TPSA) is 49.4 Å². The lowest BCUT2D eigenvalue weighted by molar-refractivity contribution is -0.140. The van der Waals surface area contributed by atoms with Crippen molar-refractivity contribution in [3.63, 3.8) is 0 Å². The van der Waals surface area contributed by atoms with Gasteiger partial charge in [-0.1, -0.05) is 71.1 Å². The standard InChI is InChI=1S/C24H28BrClN2O2/c1-17(24(30)27-22-8-3-2-4-9-22)28(16-18-10-12-20(25)13-11-18)23(29)15-19-6-5-7-21(26)14-19/h5-7,10-14,17,22H,2-4,8-9,15-16H2,1H3,(H,27,30)/t17-/m1/s1. The molecule has 2 aromatic carbocycles. The number of benzene rings is 2. The van der Waals surface area contributed by atoms with E-state index >= 15 is 0 Å². The van der Waals surface area contributed by atoms with E-state index in [-0.39, 0.29) is 24.3 Å². The summed E-state index contributed by atoms with van der Waals surface area (Å²) in [7, 11) is 0. The number of rotatable bonds is 7. The van der Waals surface area contributed by atoms with Crippen molar-refractivity contribution in [3.8, 4) is 0 Å². The van der Waals surface area contributed by atoms with Crippen LogP contribution in [0.15, 0.2) is 53.0 Å². The maximum atomic E-state index is 13.2. The summed E-state index contributed by atoms with van der Waals surface area (Å²) >= 11 is 9.52. The molecule has 0 spiro atoms. The SMILES string of the molecule is C[C@H](C(=O)NC1CCCCC1)N(Cc1ccc(Br)cc1)C(=O)Cc1cccc(Cl)c1. The van der Waals surface area contributed by atoms with E-state index in [0.29, 0.717) is 11.6 Å². The van der Waals surface area contributed by atoms with Crippen LogP contribution < -0.4 is 5.32 Å². The van der Waals surface area contributed by atoms with Crippen LogP contribution in [-0.2, 0) is 22.6 Å². The van der Waals surface area contributed by atoms with Crippen LogP contribution in [-0.4, -0.2) is 28.8 Å². The van der Waals surface area contributed by atoms with E-state index in [4.69, 9.17) is 11.6 Å². The average molecular weight is 492 g/mol. The van der Waals surface area contributed by atoms with Crippen molar-refractivity contribution in [1.29, 1.82) is 0 Å². The predicted octanol–water partition coefficient (Wildman–Crippen LogP) is 5.51. The van der Waals surface area contributed by atoms with Crippen LogP contribution >= 0.6 is 27.5 Å². The lowest BCUT2D eigenvalue weighted by Gasteiger charge is -2.31. The smallest absolute Gasteiger partial charge is 0.242 e. The molecule has 30 heavy (non-hydrogen) atoms. The molecule has 1 aliphatic carbocycles. The number of nitrogens with one attached hydrogen (secondary N) is 1. The third-order valence-corrected chi connectivity index (χ3v) is 6.39. The van der Waals surface area contributed by atoms with Crippen LogP contribution in [0, 0.1) is 0 Å². The van der Waals surface area contributed by atoms with Gasteiger partial charge in [0.25, 0.3) is 0 Å². The van der Waals surface area contributed by atoms with Gasteiger partial charge in [0.1, 0.15) is 6.04 Å². The zero-order chi connectivity index (χ0) is 21.5.